The molecule has 0 aromatic carbocycles. The van der Waals surface area contributed by atoms with Crippen LogP contribution in [0.2, 0.25) is 0 Å². The molecule has 0 aromatic rings. The van der Waals surface area contributed by atoms with Crippen molar-refractivity contribution in [3.8, 4) is 0 Å². The molecule has 0 bridgehead atoms. The Morgan fingerprint density at radius 3 is 1.44 bits per heavy atom. The Kier molecular flexibility index (Phi) is 31.1. The quantitative estimate of drug-likeness (QED) is 0.182. The predicted molar refractivity (Wildman–Crippen MR) is 106 cm³/mol. The van der Waals surface area contributed by atoms with Crippen LogP contribution in [0.1, 0.15) is 96.8 Å². The standard InChI is InChI=1S/C18H34O2.CH2O3.Sr.2H/c1-2-3-4-5-6-7-8-9-10-11-12-13-14-15-16-17-18(19)20;2-1(3)4;;;/h9-10H,2-8,11-17H2,1H3,(H,19,20);(H2,2,3,4);;;/b10-9-;;;;. The number of hydrogen-bond donors (Lipinski definition) is 3. The van der Waals surface area contributed by atoms with E-state index >= 15 is 0 Å². The molecule has 0 saturated carbocycles. The Morgan fingerprint density at radius 2 is 1.04 bits per heavy atom. The third-order valence-corrected chi connectivity index (χ3v) is 3.65. The first-order chi connectivity index (χ1) is 11.5. The summed E-state index contributed by atoms with van der Waals surface area (Å²) in [6, 6.07) is 0. The van der Waals surface area contributed by atoms with Gasteiger partial charge in [0.1, 0.15) is 0 Å². The Balaban J connectivity index is -0.000000867. The average Bonchev–Trinajstić information content (AvgIpc) is 2.50. The molecule has 0 aliphatic rings. The van der Waals surface area contributed by atoms with Gasteiger partial charge in [0.15, 0.2) is 0 Å². The normalized spacial score (nSPS) is 9.96. The van der Waals surface area contributed by atoms with E-state index in [1.165, 1.54) is 70.6 Å². The van der Waals surface area contributed by atoms with E-state index in [9.17, 15) is 4.79 Å². The summed E-state index contributed by atoms with van der Waals surface area (Å²) in [5.41, 5.74) is 0. The second kappa shape index (κ2) is 26.2. The number of allylic oxidation sites excluding steroid dienone is 2. The van der Waals surface area contributed by atoms with Crippen LogP contribution in [0, 0.1) is 0 Å². The minimum absolute atomic E-state index is 0. The van der Waals surface area contributed by atoms with Gasteiger partial charge in [0.25, 0.3) is 0 Å². The molecule has 3 N–H and O–H groups in total. The van der Waals surface area contributed by atoms with Gasteiger partial charge in [-0.25, -0.2) is 4.79 Å². The topological polar surface area (TPSA) is 94.8 Å². The summed E-state index contributed by atoms with van der Waals surface area (Å²) in [5.74, 6) is -0.664. The number of carbonyl (C=O) groups is 2. The summed E-state index contributed by atoms with van der Waals surface area (Å²) >= 11 is 0. The molecular weight excluding hydrogens is 396 g/mol. The number of carboxylic acid groups (broad SMARTS) is 3. The number of hydrogen-bond acceptors (Lipinski definition) is 2. The summed E-state index contributed by atoms with van der Waals surface area (Å²) in [5, 5.41) is 22.5. The summed E-state index contributed by atoms with van der Waals surface area (Å²) < 4.78 is 0. The summed E-state index contributed by atoms with van der Waals surface area (Å²) in [6.45, 7) is 2.26. The molecular formula is C19H38O5Sr. The van der Waals surface area contributed by atoms with Crippen LogP contribution in [-0.4, -0.2) is 72.9 Å². The van der Waals surface area contributed by atoms with Crippen molar-refractivity contribution in [3.05, 3.63) is 12.2 Å². The fourth-order valence-corrected chi connectivity index (χ4v) is 2.35. The van der Waals surface area contributed by atoms with Gasteiger partial charge < -0.3 is 15.3 Å². The Morgan fingerprint density at radius 1 is 0.680 bits per heavy atom. The predicted octanol–water partition coefficient (Wildman–Crippen LogP) is 5.41. The van der Waals surface area contributed by atoms with Crippen LogP contribution in [-0.2, 0) is 4.79 Å². The van der Waals surface area contributed by atoms with Crippen LogP contribution in [0.25, 0.3) is 0 Å². The van der Waals surface area contributed by atoms with Crippen molar-refractivity contribution in [2.75, 3.05) is 0 Å². The van der Waals surface area contributed by atoms with Crippen molar-refractivity contribution in [3.63, 3.8) is 0 Å². The molecule has 0 amide bonds. The molecule has 25 heavy (non-hydrogen) atoms. The van der Waals surface area contributed by atoms with E-state index in [1.54, 1.807) is 0 Å². The fraction of sp³-hybridized carbons (Fsp3) is 0.789. The summed E-state index contributed by atoms with van der Waals surface area (Å²) in [4.78, 5) is 18.9. The van der Waals surface area contributed by atoms with Crippen molar-refractivity contribution >= 4 is 57.6 Å². The zero-order chi connectivity index (χ0) is 18.5. The van der Waals surface area contributed by atoms with Crippen LogP contribution >= 0.6 is 0 Å². The van der Waals surface area contributed by atoms with Crippen molar-refractivity contribution < 1.29 is 24.9 Å². The van der Waals surface area contributed by atoms with Gasteiger partial charge in [0.2, 0.25) is 0 Å². The zero-order valence-corrected chi connectivity index (χ0v) is 15.2. The fourth-order valence-electron chi connectivity index (χ4n) is 2.35. The van der Waals surface area contributed by atoms with Crippen LogP contribution in [0.4, 0.5) is 4.79 Å². The first kappa shape index (κ1) is 29.7. The van der Waals surface area contributed by atoms with E-state index < -0.39 is 12.1 Å². The number of unbranched alkanes of at least 4 members (excludes halogenated alkanes) is 11. The van der Waals surface area contributed by atoms with E-state index in [0.717, 1.165) is 12.8 Å². The SMILES string of the molecule is CCCCCCCC/C=C\CCCCCCCC(=O)O.O=C(O)O.[SrH2]. The van der Waals surface area contributed by atoms with Crippen LogP contribution in [0.3, 0.4) is 0 Å². The minimum atomic E-state index is -1.83. The molecule has 5 nitrogen and oxygen atoms in total. The molecule has 0 fully saturated rings. The van der Waals surface area contributed by atoms with E-state index in [-0.39, 0.29) is 45.5 Å². The first-order valence-electron chi connectivity index (χ1n) is 9.29. The molecule has 0 heterocycles. The second-order valence-electron chi connectivity index (χ2n) is 6.01. The maximum absolute atomic E-state index is 10.3. The molecule has 0 aromatic heterocycles. The zero-order valence-electron chi connectivity index (χ0n) is 15.2. The van der Waals surface area contributed by atoms with Crippen molar-refractivity contribution in [2.24, 2.45) is 0 Å². The van der Waals surface area contributed by atoms with Gasteiger partial charge in [-0.3, -0.25) is 4.79 Å². The van der Waals surface area contributed by atoms with E-state index in [1.807, 2.05) is 0 Å². The summed E-state index contributed by atoms with van der Waals surface area (Å²) in [7, 11) is 0. The summed E-state index contributed by atoms with van der Waals surface area (Å²) in [6.07, 6.45) is 19.4. The molecule has 146 valence electrons. The second-order valence-corrected chi connectivity index (χ2v) is 6.01. The van der Waals surface area contributed by atoms with Gasteiger partial charge >= 0.3 is 57.6 Å². The Bertz CT molecular complexity index is 315. The number of aliphatic carboxylic acids is 1. The van der Waals surface area contributed by atoms with E-state index in [2.05, 4.69) is 19.1 Å². The average molecular weight is 434 g/mol. The molecule has 0 atom stereocenters. The van der Waals surface area contributed by atoms with Crippen LogP contribution < -0.4 is 0 Å². The van der Waals surface area contributed by atoms with Gasteiger partial charge in [-0.05, 0) is 32.1 Å². The van der Waals surface area contributed by atoms with Gasteiger partial charge in [-0.15, -0.1) is 0 Å². The number of carboxylic acids is 1. The van der Waals surface area contributed by atoms with Gasteiger partial charge in [-0.1, -0.05) is 70.4 Å². The molecule has 6 heteroatoms. The molecule has 0 unspecified atom stereocenters. The molecule has 0 aliphatic heterocycles. The molecule has 0 spiro atoms. The van der Waals surface area contributed by atoms with Gasteiger partial charge in [0.05, 0.1) is 0 Å². The Hall–Kier alpha value is -0.0395. The van der Waals surface area contributed by atoms with E-state index in [0.29, 0.717) is 6.42 Å². The van der Waals surface area contributed by atoms with Crippen molar-refractivity contribution in [2.45, 2.75) is 96.8 Å². The molecule has 0 saturated heterocycles. The molecule has 0 aliphatic carbocycles. The molecule has 0 radical (unpaired) electrons. The third-order valence-electron chi connectivity index (χ3n) is 3.65. The first-order valence-corrected chi connectivity index (χ1v) is 9.29. The third kappa shape index (κ3) is 40.2. The van der Waals surface area contributed by atoms with Crippen molar-refractivity contribution in [1.82, 2.24) is 0 Å². The van der Waals surface area contributed by atoms with Gasteiger partial charge in [-0.2, -0.15) is 0 Å². The Labute approximate surface area is 190 Å². The van der Waals surface area contributed by atoms with Gasteiger partial charge in [0, 0.05) is 6.42 Å². The maximum atomic E-state index is 10.3. The van der Waals surface area contributed by atoms with Crippen molar-refractivity contribution in [1.29, 1.82) is 0 Å². The number of rotatable bonds is 15. The van der Waals surface area contributed by atoms with E-state index in [4.69, 9.17) is 20.1 Å². The van der Waals surface area contributed by atoms with Crippen LogP contribution in [0.5, 0.6) is 0 Å². The monoisotopic (exact) mass is 434 g/mol. The molecule has 0 rings (SSSR count). The van der Waals surface area contributed by atoms with Crippen LogP contribution in [0.15, 0.2) is 12.2 Å².